The maximum absolute atomic E-state index is 13.0. The smallest absolute Gasteiger partial charge is 0.416 e. The highest BCUT2D eigenvalue weighted by Gasteiger charge is 2.33. The van der Waals surface area contributed by atoms with Gasteiger partial charge in [0.1, 0.15) is 17.4 Å². The first-order valence-corrected chi connectivity index (χ1v) is 11.2. The number of benzene rings is 3. The molecule has 196 valence electrons. The summed E-state index contributed by atoms with van der Waals surface area (Å²) in [6.07, 6.45) is -3.51. The van der Waals surface area contributed by atoms with E-state index >= 15 is 0 Å². The molecular formula is C25H17BrF3N3O6. The van der Waals surface area contributed by atoms with Crippen LogP contribution in [0.4, 0.5) is 24.5 Å². The third-order valence-electron chi connectivity index (χ3n) is 4.97. The molecule has 0 aliphatic carbocycles. The van der Waals surface area contributed by atoms with Gasteiger partial charge in [-0.1, -0.05) is 0 Å². The molecule has 0 aromatic heterocycles. The van der Waals surface area contributed by atoms with E-state index in [1.165, 1.54) is 32.4 Å². The lowest BCUT2D eigenvalue weighted by Gasteiger charge is -2.14. The second-order valence-electron chi connectivity index (χ2n) is 7.43. The van der Waals surface area contributed by atoms with Crippen LogP contribution in [0.5, 0.6) is 23.0 Å². The van der Waals surface area contributed by atoms with E-state index in [9.17, 15) is 33.3 Å². The van der Waals surface area contributed by atoms with Gasteiger partial charge in [-0.15, -0.1) is 0 Å². The summed E-state index contributed by atoms with van der Waals surface area (Å²) in [6, 6.07) is 12.9. The van der Waals surface area contributed by atoms with Crippen LogP contribution in [0.1, 0.15) is 11.1 Å². The van der Waals surface area contributed by atoms with Gasteiger partial charge in [0, 0.05) is 11.8 Å². The third kappa shape index (κ3) is 6.60. The normalized spacial score (nSPS) is 11.3. The Morgan fingerprint density at radius 1 is 1.08 bits per heavy atom. The summed E-state index contributed by atoms with van der Waals surface area (Å²) in [5, 5.41) is 23.5. The standard InChI is InChI=1S/C25H17BrF3N3O6/c1-36-18-6-4-17(5-7-18)31-24(33)15(13-30)9-14-10-19(26)23(22(11-14)37-2)38-21-8-3-16(25(27,28)29)12-20(21)32(34)35/h3-12H,1-2H3,(H,31,33)/b15-9+. The van der Waals surface area contributed by atoms with E-state index in [-0.39, 0.29) is 21.5 Å². The number of carbonyl (C=O) groups is 1. The zero-order valence-electron chi connectivity index (χ0n) is 19.6. The van der Waals surface area contributed by atoms with Gasteiger partial charge in [0.2, 0.25) is 5.75 Å². The molecule has 0 saturated heterocycles. The van der Waals surface area contributed by atoms with Crippen LogP contribution in [-0.2, 0) is 11.0 Å². The third-order valence-corrected chi connectivity index (χ3v) is 5.56. The second kappa shape index (κ2) is 11.7. The van der Waals surface area contributed by atoms with Crippen molar-refractivity contribution in [3.63, 3.8) is 0 Å². The molecule has 0 radical (unpaired) electrons. The molecule has 9 nitrogen and oxygen atoms in total. The molecular weight excluding hydrogens is 575 g/mol. The van der Waals surface area contributed by atoms with Gasteiger partial charge in [-0.25, -0.2) is 0 Å². The molecule has 38 heavy (non-hydrogen) atoms. The monoisotopic (exact) mass is 591 g/mol. The number of nitro groups is 1. The number of carbonyl (C=O) groups excluding carboxylic acids is 1. The molecule has 0 heterocycles. The number of alkyl halides is 3. The number of amides is 1. The Hall–Kier alpha value is -4.57. The molecule has 0 bridgehead atoms. The van der Waals surface area contributed by atoms with Crippen LogP contribution in [0.2, 0.25) is 0 Å². The highest BCUT2D eigenvalue weighted by Crippen LogP contribution is 2.44. The quantitative estimate of drug-likeness (QED) is 0.133. The van der Waals surface area contributed by atoms with Crippen molar-refractivity contribution in [2.45, 2.75) is 6.18 Å². The molecule has 1 N–H and O–H groups in total. The van der Waals surface area contributed by atoms with Crippen molar-refractivity contribution in [1.82, 2.24) is 0 Å². The fourth-order valence-electron chi connectivity index (χ4n) is 3.14. The Bertz CT molecular complexity index is 1450. The number of ether oxygens (including phenoxy) is 3. The summed E-state index contributed by atoms with van der Waals surface area (Å²) >= 11 is 3.24. The molecule has 1 amide bonds. The zero-order chi connectivity index (χ0) is 28.0. The van der Waals surface area contributed by atoms with E-state index < -0.39 is 34.0 Å². The highest BCUT2D eigenvalue weighted by molar-refractivity contribution is 9.10. The second-order valence-corrected chi connectivity index (χ2v) is 8.28. The Morgan fingerprint density at radius 3 is 2.32 bits per heavy atom. The van der Waals surface area contributed by atoms with Gasteiger partial charge >= 0.3 is 11.9 Å². The minimum atomic E-state index is -4.78. The highest BCUT2D eigenvalue weighted by atomic mass is 79.9. The van der Waals surface area contributed by atoms with E-state index in [0.29, 0.717) is 29.1 Å². The van der Waals surface area contributed by atoms with Crippen LogP contribution in [-0.4, -0.2) is 25.1 Å². The Morgan fingerprint density at radius 2 is 1.76 bits per heavy atom. The first kappa shape index (κ1) is 28.0. The molecule has 3 aromatic rings. The predicted molar refractivity (Wildman–Crippen MR) is 134 cm³/mol. The molecule has 0 atom stereocenters. The summed E-state index contributed by atoms with van der Waals surface area (Å²) in [4.78, 5) is 23.0. The van der Waals surface area contributed by atoms with Crippen molar-refractivity contribution in [3.05, 3.63) is 85.9 Å². The van der Waals surface area contributed by atoms with Crippen LogP contribution < -0.4 is 19.5 Å². The van der Waals surface area contributed by atoms with Crippen molar-refractivity contribution in [3.8, 4) is 29.1 Å². The van der Waals surface area contributed by atoms with E-state index in [1.807, 2.05) is 6.07 Å². The largest absolute Gasteiger partial charge is 0.497 e. The molecule has 3 rings (SSSR count). The first-order chi connectivity index (χ1) is 18.0. The molecule has 0 spiro atoms. The van der Waals surface area contributed by atoms with Gasteiger partial charge in [-0.3, -0.25) is 14.9 Å². The maximum Gasteiger partial charge on any atom is 0.416 e. The summed E-state index contributed by atoms with van der Waals surface area (Å²) in [6.45, 7) is 0. The van der Waals surface area contributed by atoms with Crippen LogP contribution in [0, 0.1) is 21.4 Å². The molecule has 0 saturated carbocycles. The number of nitriles is 1. The van der Waals surface area contributed by atoms with Gasteiger partial charge in [0.25, 0.3) is 5.91 Å². The lowest BCUT2D eigenvalue weighted by atomic mass is 10.1. The number of hydrogen-bond donors (Lipinski definition) is 1. The Balaban J connectivity index is 1.93. The fourth-order valence-corrected chi connectivity index (χ4v) is 3.68. The number of halogens is 4. The summed E-state index contributed by atoms with van der Waals surface area (Å²) in [5.74, 6) is -0.614. The predicted octanol–water partition coefficient (Wildman–Crippen LogP) is 6.73. The topological polar surface area (TPSA) is 124 Å². The minimum Gasteiger partial charge on any atom is -0.497 e. The first-order valence-electron chi connectivity index (χ1n) is 10.4. The minimum absolute atomic E-state index is 0.0210. The molecule has 0 unspecified atom stereocenters. The van der Waals surface area contributed by atoms with Crippen molar-refractivity contribution in [2.24, 2.45) is 0 Å². The van der Waals surface area contributed by atoms with Gasteiger partial charge in [-0.05, 0) is 76.1 Å². The van der Waals surface area contributed by atoms with Crippen molar-refractivity contribution in [2.75, 3.05) is 19.5 Å². The van der Waals surface area contributed by atoms with Crippen molar-refractivity contribution in [1.29, 1.82) is 5.26 Å². The van der Waals surface area contributed by atoms with E-state index in [4.69, 9.17) is 14.2 Å². The van der Waals surface area contributed by atoms with Gasteiger partial charge in [0.05, 0.1) is 29.2 Å². The average Bonchev–Trinajstić information content (AvgIpc) is 2.88. The molecule has 3 aromatic carbocycles. The Kier molecular flexibility index (Phi) is 8.59. The number of nitrogens with one attached hydrogen (secondary N) is 1. The molecule has 0 fully saturated rings. The molecule has 13 heteroatoms. The number of rotatable bonds is 8. The SMILES string of the molecule is COc1ccc(NC(=O)/C(C#N)=C/c2cc(Br)c(Oc3ccc(C(F)(F)F)cc3[N+](=O)[O-])c(OC)c2)cc1. The average molecular weight is 592 g/mol. The lowest BCUT2D eigenvalue weighted by molar-refractivity contribution is -0.385. The molecule has 0 aliphatic rings. The summed E-state index contributed by atoms with van der Waals surface area (Å²) in [5.41, 5.74) is -1.61. The van der Waals surface area contributed by atoms with Crippen molar-refractivity contribution < 1.29 is 37.1 Å². The number of anilines is 1. The van der Waals surface area contributed by atoms with E-state index in [2.05, 4.69) is 21.2 Å². The maximum atomic E-state index is 13.0. The van der Waals surface area contributed by atoms with E-state index in [0.717, 1.165) is 6.07 Å². The fraction of sp³-hybridized carbons (Fsp3) is 0.120. The number of hydrogen-bond acceptors (Lipinski definition) is 7. The molecule has 0 aliphatic heterocycles. The van der Waals surface area contributed by atoms with Gasteiger partial charge < -0.3 is 19.5 Å². The lowest BCUT2D eigenvalue weighted by Crippen LogP contribution is -2.13. The number of nitrogens with zero attached hydrogens (tertiary/aromatic N) is 2. The zero-order valence-corrected chi connectivity index (χ0v) is 21.2. The van der Waals surface area contributed by atoms with Crippen LogP contribution in [0.25, 0.3) is 6.08 Å². The summed E-state index contributed by atoms with van der Waals surface area (Å²) in [7, 11) is 2.77. The Labute approximate surface area is 222 Å². The van der Waals surface area contributed by atoms with Crippen molar-refractivity contribution >= 4 is 39.3 Å². The van der Waals surface area contributed by atoms with Crippen LogP contribution >= 0.6 is 15.9 Å². The van der Waals surface area contributed by atoms with Crippen LogP contribution in [0.15, 0.2) is 64.6 Å². The van der Waals surface area contributed by atoms with Gasteiger partial charge in [-0.2, -0.15) is 18.4 Å². The van der Waals surface area contributed by atoms with E-state index in [1.54, 1.807) is 24.3 Å². The summed E-state index contributed by atoms with van der Waals surface area (Å²) < 4.78 is 55.1. The van der Waals surface area contributed by atoms with Gasteiger partial charge in [0.15, 0.2) is 11.5 Å². The number of methoxy groups -OCH3 is 2. The number of nitro benzene ring substituents is 1. The van der Waals surface area contributed by atoms with Crippen LogP contribution in [0.3, 0.4) is 0 Å².